The molecule has 0 amide bonds. The van der Waals surface area contributed by atoms with Crippen molar-refractivity contribution in [1.29, 1.82) is 0 Å². The fraction of sp³-hybridized carbons (Fsp3) is 0.636. The molecule has 1 fully saturated rings. The summed E-state index contributed by atoms with van der Waals surface area (Å²) in [6.45, 7) is 4.03. The highest BCUT2D eigenvalue weighted by molar-refractivity contribution is 5.29. The molecule has 0 N–H and O–H groups in total. The summed E-state index contributed by atoms with van der Waals surface area (Å²) in [5.74, 6) is 1.38. The van der Waals surface area contributed by atoms with Crippen molar-refractivity contribution in [2.75, 3.05) is 0 Å². The fourth-order valence-electron chi connectivity index (χ4n) is 1.67. The maximum Gasteiger partial charge on any atom is 0.237 e. The first-order chi connectivity index (χ1) is 6.77. The average molecular weight is 192 g/mol. The molecular weight excluding hydrogens is 176 g/mol. The van der Waals surface area contributed by atoms with Crippen LogP contribution in [0.2, 0.25) is 0 Å². The summed E-state index contributed by atoms with van der Waals surface area (Å²) in [4.78, 5) is 0. The number of hydrogen-bond acceptors (Lipinski definition) is 3. The lowest BCUT2D eigenvalue weighted by molar-refractivity contribution is 0.222. The molecule has 1 heterocycles. The van der Waals surface area contributed by atoms with Crippen molar-refractivity contribution < 1.29 is 4.74 Å². The Morgan fingerprint density at radius 1 is 1.43 bits per heavy atom. The molecule has 0 aromatic carbocycles. The second kappa shape index (κ2) is 3.95. The molecule has 0 radical (unpaired) electrons. The van der Waals surface area contributed by atoms with Crippen molar-refractivity contribution in [3.63, 3.8) is 0 Å². The van der Waals surface area contributed by atoms with Crippen LogP contribution in [0.5, 0.6) is 5.88 Å². The monoisotopic (exact) mass is 192 g/mol. The molecule has 2 rings (SSSR count). The molecule has 0 spiro atoms. The lowest BCUT2D eigenvalue weighted by atomic mass is 9.80. The van der Waals surface area contributed by atoms with Gasteiger partial charge in [0.15, 0.2) is 0 Å². The van der Waals surface area contributed by atoms with Crippen LogP contribution in [-0.2, 0) is 0 Å². The highest BCUT2D eigenvalue weighted by Crippen LogP contribution is 2.39. The Balaban J connectivity index is 2.19. The smallest absolute Gasteiger partial charge is 0.237 e. The first kappa shape index (κ1) is 9.44. The molecule has 1 aromatic rings. The van der Waals surface area contributed by atoms with Gasteiger partial charge in [-0.25, -0.2) is 0 Å². The Morgan fingerprint density at radius 2 is 2.21 bits per heavy atom. The van der Waals surface area contributed by atoms with Gasteiger partial charge < -0.3 is 4.74 Å². The predicted molar refractivity (Wildman–Crippen MR) is 54.4 cm³/mol. The molecule has 1 aliphatic carbocycles. The van der Waals surface area contributed by atoms with Crippen LogP contribution in [0.4, 0.5) is 0 Å². The van der Waals surface area contributed by atoms with Crippen molar-refractivity contribution >= 4 is 0 Å². The lowest BCUT2D eigenvalue weighted by Crippen LogP contribution is -2.15. The first-order valence-electron chi connectivity index (χ1n) is 5.25. The molecule has 1 aromatic heterocycles. The van der Waals surface area contributed by atoms with Gasteiger partial charge >= 0.3 is 0 Å². The average Bonchev–Trinajstić information content (AvgIpc) is 2.04. The summed E-state index contributed by atoms with van der Waals surface area (Å²) in [5, 5.41) is 7.91. The normalized spacial score (nSPS) is 16.8. The van der Waals surface area contributed by atoms with Gasteiger partial charge in [-0.1, -0.05) is 6.42 Å². The zero-order valence-corrected chi connectivity index (χ0v) is 8.73. The van der Waals surface area contributed by atoms with Crippen LogP contribution in [0, 0.1) is 0 Å². The number of rotatable bonds is 3. The molecule has 0 aliphatic heterocycles. The third kappa shape index (κ3) is 1.86. The lowest BCUT2D eigenvalue weighted by Gasteiger charge is -2.26. The van der Waals surface area contributed by atoms with Crippen LogP contribution in [0.1, 0.15) is 44.6 Å². The Bertz CT molecular complexity index is 308. The van der Waals surface area contributed by atoms with Gasteiger partial charge in [0.1, 0.15) is 0 Å². The van der Waals surface area contributed by atoms with E-state index in [0.29, 0.717) is 5.92 Å². The van der Waals surface area contributed by atoms with Crippen LogP contribution < -0.4 is 4.74 Å². The Labute approximate surface area is 84.5 Å². The van der Waals surface area contributed by atoms with Crippen molar-refractivity contribution in [2.45, 2.75) is 45.1 Å². The second-order valence-corrected chi connectivity index (χ2v) is 4.09. The van der Waals surface area contributed by atoms with E-state index in [9.17, 15) is 0 Å². The Morgan fingerprint density at radius 3 is 2.79 bits per heavy atom. The molecule has 0 atom stereocenters. The van der Waals surface area contributed by atoms with E-state index in [1.165, 1.54) is 24.8 Å². The molecule has 3 heteroatoms. The van der Waals surface area contributed by atoms with E-state index < -0.39 is 0 Å². The molecule has 1 saturated carbocycles. The van der Waals surface area contributed by atoms with Crippen LogP contribution >= 0.6 is 0 Å². The summed E-state index contributed by atoms with van der Waals surface area (Å²) < 4.78 is 5.63. The van der Waals surface area contributed by atoms with Gasteiger partial charge in [0, 0.05) is 5.56 Å². The van der Waals surface area contributed by atoms with Gasteiger partial charge in [-0.15, -0.1) is 5.10 Å². The van der Waals surface area contributed by atoms with E-state index >= 15 is 0 Å². The molecule has 0 unspecified atom stereocenters. The molecule has 3 nitrogen and oxygen atoms in total. The van der Waals surface area contributed by atoms with Gasteiger partial charge in [0.2, 0.25) is 5.88 Å². The summed E-state index contributed by atoms with van der Waals surface area (Å²) in [6.07, 6.45) is 5.78. The zero-order valence-electron chi connectivity index (χ0n) is 8.73. The van der Waals surface area contributed by atoms with Crippen LogP contribution in [-0.4, -0.2) is 16.3 Å². The Kier molecular flexibility index (Phi) is 2.66. The third-order valence-corrected chi connectivity index (χ3v) is 2.61. The molecular formula is C11H16N2O. The van der Waals surface area contributed by atoms with E-state index in [-0.39, 0.29) is 6.10 Å². The second-order valence-electron chi connectivity index (χ2n) is 4.09. The molecule has 76 valence electrons. The number of ether oxygens (including phenoxy) is 1. The van der Waals surface area contributed by atoms with Gasteiger partial charge in [-0.2, -0.15) is 5.10 Å². The van der Waals surface area contributed by atoms with Crippen molar-refractivity contribution in [3.8, 4) is 5.88 Å². The van der Waals surface area contributed by atoms with E-state index in [4.69, 9.17) is 4.74 Å². The van der Waals surface area contributed by atoms with E-state index in [1.807, 2.05) is 19.9 Å². The third-order valence-electron chi connectivity index (χ3n) is 2.61. The topological polar surface area (TPSA) is 35.0 Å². The Hall–Kier alpha value is -1.12. The molecule has 1 aliphatic rings. The summed E-state index contributed by atoms with van der Waals surface area (Å²) in [7, 11) is 0. The quantitative estimate of drug-likeness (QED) is 0.738. The van der Waals surface area contributed by atoms with E-state index in [0.717, 1.165) is 5.88 Å². The minimum atomic E-state index is 0.172. The summed E-state index contributed by atoms with van der Waals surface area (Å²) in [6, 6.07) is 2.04. The largest absolute Gasteiger partial charge is 0.474 e. The van der Waals surface area contributed by atoms with Gasteiger partial charge in [0.05, 0.1) is 12.3 Å². The minimum absolute atomic E-state index is 0.172. The van der Waals surface area contributed by atoms with Crippen molar-refractivity contribution in [2.24, 2.45) is 0 Å². The van der Waals surface area contributed by atoms with Gasteiger partial charge in [0.25, 0.3) is 0 Å². The minimum Gasteiger partial charge on any atom is -0.474 e. The standard InChI is InChI=1S/C11H16N2O/c1-8(2)14-11-10(6-7-12-13-11)9-4-3-5-9/h6-9H,3-5H2,1-2H3. The van der Waals surface area contributed by atoms with Gasteiger partial charge in [-0.05, 0) is 38.7 Å². The highest BCUT2D eigenvalue weighted by Gasteiger charge is 2.23. The van der Waals surface area contributed by atoms with Crippen LogP contribution in [0.15, 0.2) is 12.3 Å². The number of nitrogens with zero attached hydrogens (tertiary/aromatic N) is 2. The number of aromatic nitrogens is 2. The maximum absolute atomic E-state index is 5.63. The van der Waals surface area contributed by atoms with E-state index in [1.54, 1.807) is 6.20 Å². The van der Waals surface area contributed by atoms with Crippen molar-refractivity contribution in [3.05, 3.63) is 17.8 Å². The fourth-order valence-corrected chi connectivity index (χ4v) is 1.67. The summed E-state index contributed by atoms with van der Waals surface area (Å²) in [5.41, 5.74) is 1.24. The van der Waals surface area contributed by atoms with Gasteiger partial charge in [-0.3, -0.25) is 0 Å². The van der Waals surface area contributed by atoms with E-state index in [2.05, 4.69) is 10.2 Å². The van der Waals surface area contributed by atoms with Crippen LogP contribution in [0.3, 0.4) is 0 Å². The molecule has 0 saturated heterocycles. The SMILES string of the molecule is CC(C)Oc1nnccc1C1CCC1. The number of hydrogen-bond donors (Lipinski definition) is 0. The highest BCUT2D eigenvalue weighted by atomic mass is 16.5. The maximum atomic E-state index is 5.63. The first-order valence-corrected chi connectivity index (χ1v) is 5.25. The predicted octanol–water partition coefficient (Wildman–Crippen LogP) is 2.53. The summed E-state index contributed by atoms with van der Waals surface area (Å²) >= 11 is 0. The zero-order chi connectivity index (χ0) is 9.97. The van der Waals surface area contributed by atoms with Crippen LogP contribution in [0.25, 0.3) is 0 Å². The molecule has 14 heavy (non-hydrogen) atoms. The molecule has 0 bridgehead atoms. The van der Waals surface area contributed by atoms with Crippen molar-refractivity contribution in [1.82, 2.24) is 10.2 Å².